The lowest BCUT2D eigenvalue weighted by molar-refractivity contribution is 0.556. The van der Waals surface area contributed by atoms with Gasteiger partial charge in [0.2, 0.25) is 0 Å². The van der Waals surface area contributed by atoms with Crippen LogP contribution in [0.3, 0.4) is 0 Å². The molecule has 0 bridgehead atoms. The van der Waals surface area contributed by atoms with E-state index in [0.29, 0.717) is 12.0 Å². The highest BCUT2D eigenvalue weighted by atomic mass is 35.5. The van der Waals surface area contributed by atoms with Gasteiger partial charge in [-0.15, -0.1) is 0 Å². The highest BCUT2D eigenvalue weighted by molar-refractivity contribution is 6.31. The first-order valence-electron chi connectivity index (χ1n) is 6.80. The smallest absolute Gasteiger partial charge is 0.0877 e. The third-order valence-corrected chi connectivity index (χ3v) is 4.15. The monoisotopic (exact) mass is 275 g/mol. The Labute approximate surface area is 118 Å². The van der Waals surface area contributed by atoms with E-state index < -0.39 is 0 Å². The first kappa shape index (κ1) is 12.5. The maximum Gasteiger partial charge on any atom is 0.0877 e. The average molecular weight is 276 g/mol. The van der Waals surface area contributed by atoms with Crippen molar-refractivity contribution in [1.82, 2.24) is 9.78 Å². The molecule has 3 rings (SSSR count). The maximum absolute atomic E-state index is 6.13. The summed E-state index contributed by atoms with van der Waals surface area (Å²) in [5.74, 6) is 0.712. The number of benzene rings is 1. The standard InChI is InChI=1S/C15H18ClN3/c1-11-4-2-5-13(11)18-14-10-12(16)6-7-15(14)19-9-3-8-17-19/h3,6-11,13,18H,2,4-5H2,1H3. The predicted octanol–water partition coefficient (Wildman–Crippen LogP) is 4.13. The topological polar surface area (TPSA) is 29.9 Å². The molecule has 3 nitrogen and oxygen atoms in total. The van der Waals surface area contributed by atoms with Gasteiger partial charge >= 0.3 is 0 Å². The lowest BCUT2D eigenvalue weighted by Gasteiger charge is -2.21. The zero-order chi connectivity index (χ0) is 13.2. The Bertz CT molecular complexity index is 551. The van der Waals surface area contributed by atoms with Gasteiger partial charge < -0.3 is 5.32 Å². The number of rotatable bonds is 3. The van der Waals surface area contributed by atoms with Gasteiger partial charge in [-0.3, -0.25) is 0 Å². The highest BCUT2D eigenvalue weighted by Gasteiger charge is 2.24. The molecule has 1 saturated carbocycles. The minimum Gasteiger partial charge on any atom is -0.380 e. The molecular formula is C15H18ClN3. The van der Waals surface area contributed by atoms with Crippen LogP contribution in [0.25, 0.3) is 5.69 Å². The summed E-state index contributed by atoms with van der Waals surface area (Å²) in [6.45, 7) is 2.31. The van der Waals surface area contributed by atoms with E-state index in [1.54, 1.807) is 6.20 Å². The number of nitrogens with one attached hydrogen (secondary N) is 1. The molecule has 2 aromatic rings. The molecule has 1 aromatic heterocycles. The average Bonchev–Trinajstić information content (AvgIpc) is 3.03. The second kappa shape index (κ2) is 5.25. The SMILES string of the molecule is CC1CCCC1Nc1cc(Cl)ccc1-n1cccn1. The van der Waals surface area contributed by atoms with Crippen molar-refractivity contribution in [2.45, 2.75) is 32.2 Å². The minimum atomic E-state index is 0.535. The highest BCUT2D eigenvalue weighted by Crippen LogP contribution is 2.31. The molecule has 0 spiro atoms. The van der Waals surface area contributed by atoms with Gasteiger partial charge in [-0.05, 0) is 43.0 Å². The number of hydrogen-bond acceptors (Lipinski definition) is 2. The van der Waals surface area contributed by atoms with Crippen LogP contribution in [0.5, 0.6) is 0 Å². The number of aromatic nitrogens is 2. The van der Waals surface area contributed by atoms with Crippen LogP contribution in [-0.4, -0.2) is 15.8 Å². The molecule has 0 amide bonds. The summed E-state index contributed by atoms with van der Waals surface area (Å²) in [6, 6.07) is 8.37. The second-order valence-electron chi connectivity index (χ2n) is 5.27. The second-order valence-corrected chi connectivity index (χ2v) is 5.71. The van der Waals surface area contributed by atoms with Gasteiger partial charge in [-0.1, -0.05) is 24.9 Å². The largest absolute Gasteiger partial charge is 0.380 e. The normalized spacial score (nSPS) is 22.6. The van der Waals surface area contributed by atoms with E-state index in [2.05, 4.69) is 17.3 Å². The molecule has 1 N–H and O–H groups in total. The van der Waals surface area contributed by atoms with Crippen LogP contribution in [0.1, 0.15) is 26.2 Å². The molecular weight excluding hydrogens is 258 g/mol. The van der Waals surface area contributed by atoms with Crippen molar-refractivity contribution in [2.75, 3.05) is 5.32 Å². The zero-order valence-electron chi connectivity index (χ0n) is 11.0. The van der Waals surface area contributed by atoms with Crippen LogP contribution in [-0.2, 0) is 0 Å². The molecule has 0 aliphatic heterocycles. The van der Waals surface area contributed by atoms with E-state index in [9.17, 15) is 0 Å². The summed E-state index contributed by atoms with van der Waals surface area (Å²) in [5.41, 5.74) is 2.11. The number of nitrogens with zero attached hydrogens (tertiary/aromatic N) is 2. The predicted molar refractivity (Wildman–Crippen MR) is 79.0 cm³/mol. The Morgan fingerprint density at radius 2 is 2.26 bits per heavy atom. The summed E-state index contributed by atoms with van der Waals surface area (Å²) in [7, 11) is 0. The first-order valence-corrected chi connectivity index (χ1v) is 7.18. The van der Waals surface area contributed by atoms with E-state index in [1.165, 1.54) is 19.3 Å². The van der Waals surface area contributed by atoms with Crippen LogP contribution in [0, 0.1) is 5.92 Å². The van der Waals surface area contributed by atoms with Gasteiger partial charge in [0.15, 0.2) is 0 Å². The summed E-state index contributed by atoms with van der Waals surface area (Å²) in [5, 5.41) is 8.70. The van der Waals surface area contributed by atoms with Crippen molar-refractivity contribution >= 4 is 17.3 Å². The number of hydrogen-bond donors (Lipinski definition) is 1. The van der Waals surface area contributed by atoms with Crippen LogP contribution in [0.15, 0.2) is 36.7 Å². The van der Waals surface area contributed by atoms with E-state index in [4.69, 9.17) is 11.6 Å². The van der Waals surface area contributed by atoms with Crippen LogP contribution >= 0.6 is 11.6 Å². The molecule has 100 valence electrons. The Morgan fingerprint density at radius 1 is 1.37 bits per heavy atom. The van der Waals surface area contributed by atoms with Gasteiger partial charge in [0.1, 0.15) is 0 Å². The quantitative estimate of drug-likeness (QED) is 0.913. The molecule has 19 heavy (non-hydrogen) atoms. The Kier molecular flexibility index (Phi) is 3.47. The van der Waals surface area contributed by atoms with Gasteiger partial charge in [0.25, 0.3) is 0 Å². The Hall–Kier alpha value is -1.48. The molecule has 1 fully saturated rings. The third-order valence-electron chi connectivity index (χ3n) is 3.91. The van der Waals surface area contributed by atoms with E-state index in [0.717, 1.165) is 16.4 Å². The molecule has 4 heteroatoms. The molecule has 1 aliphatic rings. The molecule has 1 aromatic carbocycles. The van der Waals surface area contributed by atoms with Gasteiger partial charge in [0.05, 0.1) is 11.4 Å². The summed E-state index contributed by atoms with van der Waals surface area (Å²) in [4.78, 5) is 0. The summed E-state index contributed by atoms with van der Waals surface area (Å²) in [6.07, 6.45) is 7.57. The molecule has 2 unspecified atom stereocenters. The third kappa shape index (κ3) is 2.61. The summed E-state index contributed by atoms with van der Waals surface area (Å²) < 4.78 is 1.87. The fraction of sp³-hybridized carbons (Fsp3) is 0.400. The summed E-state index contributed by atoms with van der Waals surface area (Å²) >= 11 is 6.13. The van der Waals surface area contributed by atoms with Crippen LogP contribution < -0.4 is 5.32 Å². The number of halogens is 1. The van der Waals surface area contributed by atoms with Gasteiger partial charge in [-0.2, -0.15) is 5.10 Å². The van der Waals surface area contributed by atoms with Crippen molar-refractivity contribution in [1.29, 1.82) is 0 Å². The molecule has 1 aliphatic carbocycles. The van der Waals surface area contributed by atoms with Crippen molar-refractivity contribution in [3.05, 3.63) is 41.7 Å². The minimum absolute atomic E-state index is 0.535. The molecule has 2 atom stereocenters. The Balaban J connectivity index is 1.92. The molecule has 0 radical (unpaired) electrons. The van der Waals surface area contributed by atoms with E-state index in [1.807, 2.05) is 35.1 Å². The lowest BCUT2D eigenvalue weighted by Crippen LogP contribution is -2.22. The van der Waals surface area contributed by atoms with Crippen molar-refractivity contribution < 1.29 is 0 Å². The van der Waals surface area contributed by atoms with Gasteiger partial charge in [0, 0.05) is 23.5 Å². The first-order chi connectivity index (χ1) is 9.24. The zero-order valence-corrected chi connectivity index (χ0v) is 11.8. The fourth-order valence-electron chi connectivity index (χ4n) is 2.79. The van der Waals surface area contributed by atoms with Gasteiger partial charge in [-0.25, -0.2) is 4.68 Å². The molecule has 1 heterocycles. The number of anilines is 1. The van der Waals surface area contributed by atoms with Crippen molar-refractivity contribution in [3.63, 3.8) is 0 Å². The van der Waals surface area contributed by atoms with Crippen LogP contribution in [0.4, 0.5) is 5.69 Å². The Morgan fingerprint density at radius 3 is 2.95 bits per heavy atom. The van der Waals surface area contributed by atoms with Crippen molar-refractivity contribution in [3.8, 4) is 5.69 Å². The van der Waals surface area contributed by atoms with Crippen molar-refractivity contribution in [2.24, 2.45) is 5.92 Å². The maximum atomic E-state index is 6.13. The lowest BCUT2D eigenvalue weighted by atomic mass is 10.1. The van der Waals surface area contributed by atoms with Crippen LogP contribution in [0.2, 0.25) is 5.02 Å². The molecule has 0 saturated heterocycles. The van der Waals surface area contributed by atoms with E-state index >= 15 is 0 Å². The van der Waals surface area contributed by atoms with E-state index in [-0.39, 0.29) is 0 Å². The fourth-order valence-corrected chi connectivity index (χ4v) is 2.97.